The number of hydrogen-bond acceptors (Lipinski definition) is 3. The molecule has 0 bridgehead atoms. The predicted molar refractivity (Wildman–Crippen MR) is 61.0 cm³/mol. The zero-order valence-electron chi connectivity index (χ0n) is 9.31. The minimum Gasteiger partial charge on any atom is -0.480 e. The van der Waals surface area contributed by atoms with Crippen molar-refractivity contribution in [2.24, 2.45) is 0 Å². The van der Waals surface area contributed by atoms with Crippen LogP contribution >= 0.6 is 0 Å². The van der Waals surface area contributed by atoms with Crippen molar-refractivity contribution in [3.63, 3.8) is 0 Å². The molecule has 4 heteroatoms. The van der Waals surface area contributed by atoms with E-state index in [-0.39, 0.29) is 0 Å². The van der Waals surface area contributed by atoms with Crippen LogP contribution in [0.2, 0.25) is 0 Å². The van der Waals surface area contributed by atoms with Gasteiger partial charge in [-0.05, 0) is 18.2 Å². The van der Waals surface area contributed by atoms with Crippen molar-refractivity contribution >= 4 is 5.97 Å². The smallest absolute Gasteiger partial charge is 0.322 e. The summed E-state index contributed by atoms with van der Waals surface area (Å²) in [4.78, 5) is 13.1. The molecular weight excluding hydrogens is 204 g/mol. The standard InChI is InChI=1S/C12H16N2O2/c1-13-11(12(15)16)8-14-6-9-4-2-3-5-10(9)7-14/h2-5,11,13H,6-8H2,1H3,(H,15,16). The van der Waals surface area contributed by atoms with Gasteiger partial charge in [0.1, 0.15) is 6.04 Å². The van der Waals surface area contributed by atoms with Crippen molar-refractivity contribution in [3.8, 4) is 0 Å². The number of nitrogens with zero attached hydrogens (tertiary/aromatic N) is 1. The highest BCUT2D eigenvalue weighted by molar-refractivity contribution is 5.73. The van der Waals surface area contributed by atoms with Crippen LogP contribution in [0.4, 0.5) is 0 Å². The van der Waals surface area contributed by atoms with Gasteiger partial charge in [0.25, 0.3) is 0 Å². The monoisotopic (exact) mass is 220 g/mol. The number of nitrogens with one attached hydrogen (secondary N) is 1. The first-order chi connectivity index (χ1) is 7.70. The number of carboxylic acids is 1. The number of hydrogen-bond donors (Lipinski definition) is 2. The topological polar surface area (TPSA) is 52.6 Å². The molecule has 0 amide bonds. The Bertz CT molecular complexity index is 367. The Morgan fingerprint density at radius 2 is 2.00 bits per heavy atom. The van der Waals surface area contributed by atoms with Crippen LogP contribution in [-0.4, -0.2) is 35.6 Å². The second-order valence-corrected chi connectivity index (χ2v) is 4.12. The Hall–Kier alpha value is -1.39. The third-order valence-corrected chi connectivity index (χ3v) is 2.99. The van der Waals surface area contributed by atoms with Crippen LogP contribution in [0.15, 0.2) is 24.3 Å². The summed E-state index contributed by atoms with van der Waals surface area (Å²) in [5.74, 6) is -0.793. The zero-order chi connectivity index (χ0) is 11.5. The molecule has 0 saturated heterocycles. The van der Waals surface area contributed by atoms with Gasteiger partial charge in [0, 0.05) is 19.6 Å². The SMILES string of the molecule is CNC(CN1Cc2ccccc2C1)C(=O)O. The van der Waals surface area contributed by atoms with Gasteiger partial charge in [0.2, 0.25) is 0 Å². The van der Waals surface area contributed by atoms with Gasteiger partial charge in [-0.2, -0.15) is 0 Å². The number of aliphatic carboxylic acids is 1. The van der Waals surface area contributed by atoms with Crippen molar-refractivity contribution in [1.82, 2.24) is 10.2 Å². The molecule has 1 unspecified atom stereocenters. The Kier molecular flexibility index (Phi) is 3.22. The van der Waals surface area contributed by atoms with Crippen LogP contribution in [0.5, 0.6) is 0 Å². The maximum Gasteiger partial charge on any atom is 0.322 e. The molecule has 0 radical (unpaired) electrons. The van der Waals surface area contributed by atoms with Crippen molar-refractivity contribution < 1.29 is 9.90 Å². The second-order valence-electron chi connectivity index (χ2n) is 4.12. The van der Waals surface area contributed by atoms with E-state index in [1.165, 1.54) is 11.1 Å². The van der Waals surface area contributed by atoms with E-state index in [0.29, 0.717) is 6.54 Å². The summed E-state index contributed by atoms with van der Waals surface area (Å²) in [6.07, 6.45) is 0. The molecule has 1 heterocycles. The number of benzene rings is 1. The highest BCUT2D eigenvalue weighted by Gasteiger charge is 2.23. The molecule has 2 rings (SSSR count). The summed E-state index contributed by atoms with van der Waals surface area (Å²) in [7, 11) is 1.68. The van der Waals surface area contributed by atoms with Crippen molar-refractivity contribution in [1.29, 1.82) is 0 Å². The number of rotatable bonds is 4. The maximum atomic E-state index is 10.9. The maximum absolute atomic E-state index is 10.9. The van der Waals surface area contributed by atoms with E-state index in [1.807, 2.05) is 12.1 Å². The lowest BCUT2D eigenvalue weighted by atomic mass is 10.1. The third kappa shape index (κ3) is 2.23. The Morgan fingerprint density at radius 1 is 1.44 bits per heavy atom. The van der Waals surface area contributed by atoms with Gasteiger partial charge in [-0.15, -0.1) is 0 Å². The van der Waals surface area contributed by atoms with E-state index in [9.17, 15) is 4.79 Å². The Morgan fingerprint density at radius 3 is 2.44 bits per heavy atom. The van der Waals surface area contributed by atoms with Crippen LogP contribution in [0.3, 0.4) is 0 Å². The minimum atomic E-state index is -0.793. The van der Waals surface area contributed by atoms with E-state index in [2.05, 4.69) is 22.3 Å². The van der Waals surface area contributed by atoms with Gasteiger partial charge in [-0.25, -0.2) is 0 Å². The van der Waals surface area contributed by atoms with E-state index >= 15 is 0 Å². The quantitative estimate of drug-likeness (QED) is 0.783. The fraction of sp³-hybridized carbons (Fsp3) is 0.417. The van der Waals surface area contributed by atoms with E-state index in [4.69, 9.17) is 5.11 Å². The molecule has 1 aromatic rings. The fourth-order valence-electron chi connectivity index (χ4n) is 2.08. The molecule has 1 aliphatic heterocycles. The average molecular weight is 220 g/mol. The Labute approximate surface area is 94.9 Å². The first-order valence-corrected chi connectivity index (χ1v) is 5.40. The van der Waals surface area contributed by atoms with E-state index in [0.717, 1.165) is 13.1 Å². The molecule has 1 atom stereocenters. The number of carbonyl (C=O) groups is 1. The highest BCUT2D eigenvalue weighted by atomic mass is 16.4. The molecule has 1 aromatic carbocycles. The number of carboxylic acid groups (broad SMARTS) is 1. The summed E-state index contributed by atoms with van der Waals surface area (Å²) >= 11 is 0. The van der Waals surface area contributed by atoms with Crippen LogP contribution in [0.25, 0.3) is 0 Å². The summed E-state index contributed by atoms with van der Waals surface area (Å²) in [6, 6.07) is 7.76. The van der Waals surface area contributed by atoms with Gasteiger partial charge in [-0.1, -0.05) is 24.3 Å². The molecule has 86 valence electrons. The number of likely N-dealkylation sites (N-methyl/N-ethyl adjacent to an activating group) is 1. The molecule has 16 heavy (non-hydrogen) atoms. The molecule has 0 saturated carbocycles. The molecule has 0 aromatic heterocycles. The Balaban J connectivity index is 1.99. The first-order valence-electron chi connectivity index (χ1n) is 5.40. The van der Waals surface area contributed by atoms with Gasteiger partial charge in [-0.3, -0.25) is 9.69 Å². The summed E-state index contributed by atoms with van der Waals surface area (Å²) in [5, 5.41) is 11.8. The molecule has 1 aliphatic rings. The van der Waals surface area contributed by atoms with E-state index < -0.39 is 12.0 Å². The third-order valence-electron chi connectivity index (χ3n) is 2.99. The highest BCUT2D eigenvalue weighted by Crippen LogP contribution is 2.21. The van der Waals surface area contributed by atoms with Gasteiger partial charge in [0.15, 0.2) is 0 Å². The second kappa shape index (κ2) is 4.63. The van der Waals surface area contributed by atoms with Gasteiger partial charge >= 0.3 is 5.97 Å². The number of fused-ring (bicyclic) bond motifs is 1. The fourth-order valence-corrected chi connectivity index (χ4v) is 2.08. The predicted octanol–water partition coefficient (Wildman–Crippen LogP) is 0.675. The largest absolute Gasteiger partial charge is 0.480 e. The van der Waals surface area contributed by atoms with Crippen LogP contribution < -0.4 is 5.32 Å². The molecule has 4 nitrogen and oxygen atoms in total. The van der Waals surface area contributed by atoms with Crippen molar-refractivity contribution in [2.45, 2.75) is 19.1 Å². The van der Waals surface area contributed by atoms with E-state index in [1.54, 1.807) is 7.05 Å². The summed E-state index contributed by atoms with van der Waals surface area (Å²) in [6.45, 7) is 2.24. The molecular formula is C12H16N2O2. The molecule has 2 N–H and O–H groups in total. The first kappa shape index (κ1) is 11.1. The lowest BCUT2D eigenvalue weighted by molar-refractivity contribution is -0.139. The molecule has 0 spiro atoms. The molecule has 0 aliphatic carbocycles. The van der Waals surface area contributed by atoms with Crippen LogP contribution in [0, 0.1) is 0 Å². The normalized spacial score (nSPS) is 17.1. The molecule has 0 fully saturated rings. The lowest BCUT2D eigenvalue weighted by Crippen LogP contribution is -2.42. The van der Waals surface area contributed by atoms with Crippen LogP contribution in [-0.2, 0) is 17.9 Å². The lowest BCUT2D eigenvalue weighted by Gasteiger charge is -2.19. The van der Waals surface area contributed by atoms with Crippen molar-refractivity contribution in [3.05, 3.63) is 35.4 Å². The van der Waals surface area contributed by atoms with Crippen LogP contribution in [0.1, 0.15) is 11.1 Å². The van der Waals surface area contributed by atoms with Gasteiger partial charge in [0.05, 0.1) is 0 Å². The minimum absolute atomic E-state index is 0.491. The van der Waals surface area contributed by atoms with Gasteiger partial charge < -0.3 is 10.4 Å². The average Bonchev–Trinajstić information content (AvgIpc) is 2.67. The van der Waals surface area contributed by atoms with Crippen molar-refractivity contribution in [2.75, 3.05) is 13.6 Å². The summed E-state index contributed by atoms with van der Waals surface area (Å²) < 4.78 is 0. The zero-order valence-corrected chi connectivity index (χ0v) is 9.31. The summed E-state index contributed by atoms with van der Waals surface area (Å²) in [5.41, 5.74) is 2.62.